The van der Waals surface area contributed by atoms with Gasteiger partial charge in [-0.3, -0.25) is 9.59 Å². The minimum atomic E-state index is -0.979. The molecule has 0 aliphatic heterocycles. The molecule has 25 heavy (non-hydrogen) atoms. The monoisotopic (exact) mass is 370 g/mol. The maximum absolute atomic E-state index is 12.0. The third-order valence-corrected chi connectivity index (χ3v) is 3.00. The number of esters is 1. The SMILES string of the molecule is CC(OC(=O)CCNC(=O)OC(C)(C)C)C(=O)Nc1cccc(Cl)c1. The molecule has 0 radical (unpaired) electrons. The molecule has 0 aliphatic carbocycles. The Labute approximate surface area is 152 Å². The third kappa shape index (κ3) is 8.95. The summed E-state index contributed by atoms with van der Waals surface area (Å²) in [6.45, 7) is 6.72. The van der Waals surface area contributed by atoms with Gasteiger partial charge in [-0.05, 0) is 45.9 Å². The smallest absolute Gasteiger partial charge is 0.407 e. The van der Waals surface area contributed by atoms with Crippen molar-refractivity contribution in [2.24, 2.45) is 0 Å². The molecule has 0 saturated carbocycles. The summed E-state index contributed by atoms with van der Waals surface area (Å²) in [7, 11) is 0. The van der Waals surface area contributed by atoms with Crippen LogP contribution in [0, 0.1) is 0 Å². The number of alkyl carbamates (subject to hydrolysis) is 1. The van der Waals surface area contributed by atoms with Crippen molar-refractivity contribution in [3.8, 4) is 0 Å². The van der Waals surface area contributed by atoms with Crippen LogP contribution in [-0.2, 0) is 19.1 Å². The Kier molecular flexibility index (Phi) is 7.70. The topological polar surface area (TPSA) is 93.7 Å². The molecule has 0 heterocycles. The van der Waals surface area contributed by atoms with Gasteiger partial charge in [-0.25, -0.2) is 4.79 Å². The van der Waals surface area contributed by atoms with E-state index in [2.05, 4.69) is 10.6 Å². The molecule has 1 unspecified atom stereocenters. The predicted octanol–water partition coefficient (Wildman–Crippen LogP) is 3.13. The lowest BCUT2D eigenvalue weighted by molar-refractivity contribution is -0.153. The number of rotatable bonds is 6. The molecular formula is C17H23ClN2O5. The van der Waals surface area contributed by atoms with Crippen molar-refractivity contribution < 1.29 is 23.9 Å². The van der Waals surface area contributed by atoms with Gasteiger partial charge in [-0.1, -0.05) is 17.7 Å². The number of hydrogen-bond acceptors (Lipinski definition) is 5. The molecule has 1 rings (SSSR count). The van der Waals surface area contributed by atoms with Crippen molar-refractivity contribution in [2.75, 3.05) is 11.9 Å². The van der Waals surface area contributed by atoms with Crippen molar-refractivity contribution in [2.45, 2.75) is 45.8 Å². The number of ether oxygens (including phenoxy) is 2. The van der Waals surface area contributed by atoms with Crippen LogP contribution in [0.3, 0.4) is 0 Å². The Bertz CT molecular complexity index is 628. The highest BCUT2D eigenvalue weighted by Crippen LogP contribution is 2.15. The highest BCUT2D eigenvalue weighted by Gasteiger charge is 2.19. The van der Waals surface area contributed by atoms with Crippen LogP contribution in [0.5, 0.6) is 0 Å². The molecule has 2 N–H and O–H groups in total. The molecule has 7 nitrogen and oxygen atoms in total. The minimum Gasteiger partial charge on any atom is -0.452 e. The zero-order valence-electron chi connectivity index (χ0n) is 14.7. The zero-order valence-corrected chi connectivity index (χ0v) is 15.5. The summed E-state index contributed by atoms with van der Waals surface area (Å²) in [5.41, 5.74) is -0.107. The number of nitrogens with one attached hydrogen (secondary N) is 2. The Morgan fingerprint density at radius 2 is 1.92 bits per heavy atom. The van der Waals surface area contributed by atoms with Crippen molar-refractivity contribution in [3.05, 3.63) is 29.3 Å². The quantitative estimate of drug-likeness (QED) is 0.750. The van der Waals surface area contributed by atoms with E-state index < -0.39 is 29.7 Å². The zero-order chi connectivity index (χ0) is 19.0. The van der Waals surface area contributed by atoms with E-state index in [1.807, 2.05) is 0 Å². The normalized spacial score (nSPS) is 12.0. The summed E-state index contributed by atoms with van der Waals surface area (Å²) < 4.78 is 10.1. The number of hydrogen-bond donors (Lipinski definition) is 2. The Balaban J connectivity index is 2.33. The van der Waals surface area contributed by atoms with E-state index in [4.69, 9.17) is 21.1 Å². The Hall–Kier alpha value is -2.28. The highest BCUT2D eigenvalue weighted by atomic mass is 35.5. The largest absolute Gasteiger partial charge is 0.452 e. The van der Waals surface area contributed by atoms with E-state index >= 15 is 0 Å². The number of carbonyl (C=O) groups excluding carboxylic acids is 3. The fourth-order valence-electron chi connectivity index (χ4n) is 1.70. The van der Waals surface area contributed by atoms with Gasteiger partial charge in [0.1, 0.15) is 5.60 Å². The first-order valence-electron chi connectivity index (χ1n) is 7.79. The molecule has 0 aliphatic rings. The number of benzene rings is 1. The van der Waals surface area contributed by atoms with Crippen LogP contribution in [-0.4, -0.2) is 36.2 Å². The van der Waals surface area contributed by atoms with E-state index in [1.165, 1.54) is 6.92 Å². The molecule has 0 fully saturated rings. The maximum atomic E-state index is 12.0. The van der Waals surface area contributed by atoms with Crippen LogP contribution >= 0.6 is 11.6 Å². The predicted molar refractivity (Wildman–Crippen MR) is 94.5 cm³/mol. The summed E-state index contributed by atoms with van der Waals surface area (Å²) in [4.78, 5) is 35.1. The van der Waals surface area contributed by atoms with Crippen LogP contribution in [0.2, 0.25) is 5.02 Å². The van der Waals surface area contributed by atoms with Gasteiger partial charge in [0.25, 0.3) is 5.91 Å². The standard InChI is InChI=1S/C17H23ClN2O5/c1-11(15(22)20-13-7-5-6-12(18)10-13)24-14(21)8-9-19-16(23)25-17(2,3)4/h5-7,10-11H,8-9H2,1-4H3,(H,19,23)(H,20,22). The van der Waals surface area contributed by atoms with Crippen molar-refractivity contribution in [1.82, 2.24) is 5.32 Å². The lowest BCUT2D eigenvalue weighted by Crippen LogP contribution is -2.35. The highest BCUT2D eigenvalue weighted by molar-refractivity contribution is 6.30. The average Bonchev–Trinajstić information content (AvgIpc) is 2.45. The lowest BCUT2D eigenvalue weighted by Gasteiger charge is -2.19. The first-order chi connectivity index (χ1) is 11.6. The molecule has 0 aromatic heterocycles. The van der Waals surface area contributed by atoms with Gasteiger partial charge in [0.05, 0.1) is 6.42 Å². The Morgan fingerprint density at radius 3 is 2.52 bits per heavy atom. The van der Waals surface area contributed by atoms with Crippen molar-refractivity contribution >= 4 is 35.3 Å². The van der Waals surface area contributed by atoms with E-state index in [0.717, 1.165) is 0 Å². The lowest BCUT2D eigenvalue weighted by atomic mass is 10.2. The summed E-state index contributed by atoms with van der Waals surface area (Å²) in [6.07, 6.45) is -1.67. The van der Waals surface area contributed by atoms with Gasteiger partial charge in [0, 0.05) is 17.3 Å². The fraction of sp³-hybridized carbons (Fsp3) is 0.471. The third-order valence-electron chi connectivity index (χ3n) is 2.77. The van der Waals surface area contributed by atoms with Crippen LogP contribution in [0.15, 0.2) is 24.3 Å². The summed E-state index contributed by atoms with van der Waals surface area (Å²) in [6, 6.07) is 6.62. The summed E-state index contributed by atoms with van der Waals surface area (Å²) in [5, 5.41) is 5.52. The molecular weight excluding hydrogens is 348 g/mol. The molecule has 0 saturated heterocycles. The van der Waals surface area contributed by atoms with Crippen LogP contribution in [0.4, 0.5) is 10.5 Å². The van der Waals surface area contributed by atoms with E-state index in [-0.39, 0.29) is 13.0 Å². The molecule has 2 amide bonds. The number of carbonyl (C=O) groups is 3. The van der Waals surface area contributed by atoms with Crippen molar-refractivity contribution in [1.29, 1.82) is 0 Å². The van der Waals surface area contributed by atoms with E-state index in [1.54, 1.807) is 45.0 Å². The van der Waals surface area contributed by atoms with Crippen LogP contribution in [0.25, 0.3) is 0 Å². The van der Waals surface area contributed by atoms with Crippen LogP contribution in [0.1, 0.15) is 34.1 Å². The van der Waals surface area contributed by atoms with Gasteiger partial charge in [-0.2, -0.15) is 0 Å². The van der Waals surface area contributed by atoms with Gasteiger partial charge in [0.15, 0.2) is 6.10 Å². The number of amides is 2. The molecule has 1 atom stereocenters. The average molecular weight is 371 g/mol. The minimum absolute atomic E-state index is 0.0520. The second kappa shape index (κ2) is 9.27. The first kappa shape index (κ1) is 20.8. The molecule has 8 heteroatoms. The molecule has 138 valence electrons. The van der Waals surface area contributed by atoms with Gasteiger partial charge < -0.3 is 20.1 Å². The second-order valence-electron chi connectivity index (χ2n) is 6.31. The van der Waals surface area contributed by atoms with Gasteiger partial charge in [0.2, 0.25) is 0 Å². The molecule has 0 bridgehead atoms. The van der Waals surface area contributed by atoms with Crippen LogP contribution < -0.4 is 10.6 Å². The summed E-state index contributed by atoms with van der Waals surface area (Å²) >= 11 is 5.83. The summed E-state index contributed by atoms with van der Waals surface area (Å²) in [5.74, 6) is -1.08. The fourth-order valence-corrected chi connectivity index (χ4v) is 1.89. The van der Waals surface area contributed by atoms with Crippen molar-refractivity contribution in [3.63, 3.8) is 0 Å². The molecule has 1 aromatic carbocycles. The van der Waals surface area contributed by atoms with E-state index in [0.29, 0.717) is 10.7 Å². The molecule has 1 aromatic rings. The van der Waals surface area contributed by atoms with E-state index in [9.17, 15) is 14.4 Å². The maximum Gasteiger partial charge on any atom is 0.407 e. The van der Waals surface area contributed by atoms with Gasteiger partial charge >= 0.3 is 12.1 Å². The van der Waals surface area contributed by atoms with Gasteiger partial charge in [-0.15, -0.1) is 0 Å². The number of halogens is 1. The Morgan fingerprint density at radius 1 is 1.24 bits per heavy atom. The molecule has 0 spiro atoms. The second-order valence-corrected chi connectivity index (χ2v) is 6.75. The first-order valence-corrected chi connectivity index (χ1v) is 8.17. The number of anilines is 1.